The van der Waals surface area contributed by atoms with Crippen molar-refractivity contribution in [1.29, 1.82) is 0 Å². The van der Waals surface area contributed by atoms with E-state index in [2.05, 4.69) is 10.6 Å². The van der Waals surface area contributed by atoms with Gasteiger partial charge in [0.2, 0.25) is 0 Å². The predicted molar refractivity (Wildman–Crippen MR) is 118 cm³/mol. The molecule has 162 valence electrons. The Morgan fingerprint density at radius 1 is 1.23 bits per heavy atom. The summed E-state index contributed by atoms with van der Waals surface area (Å²) in [5.41, 5.74) is 0.228. The van der Waals surface area contributed by atoms with E-state index in [0.717, 1.165) is 48.6 Å². The van der Waals surface area contributed by atoms with Gasteiger partial charge in [0.25, 0.3) is 0 Å². The number of alkyl halides is 3. The highest BCUT2D eigenvalue weighted by Crippen LogP contribution is 2.39. The number of thiocarbonyl (C=S) groups is 1. The van der Waals surface area contributed by atoms with Gasteiger partial charge in [0.1, 0.15) is 5.00 Å². The molecule has 2 aromatic rings. The third-order valence-corrected chi connectivity index (χ3v) is 6.31. The number of anilines is 2. The summed E-state index contributed by atoms with van der Waals surface area (Å²) in [6.45, 7) is 1.95. The van der Waals surface area contributed by atoms with Crippen molar-refractivity contribution in [3.63, 3.8) is 0 Å². The summed E-state index contributed by atoms with van der Waals surface area (Å²) in [4.78, 5) is 13.7. The molecule has 4 nitrogen and oxygen atoms in total. The topological polar surface area (TPSA) is 50.4 Å². The molecule has 1 aliphatic rings. The van der Waals surface area contributed by atoms with E-state index in [0.29, 0.717) is 10.6 Å². The molecule has 0 bridgehead atoms. The second-order valence-corrected chi connectivity index (χ2v) is 8.71. The molecule has 3 rings (SSSR count). The summed E-state index contributed by atoms with van der Waals surface area (Å²) < 4.78 is 45.2. The van der Waals surface area contributed by atoms with Gasteiger partial charge in [-0.1, -0.05) is 18.0 Å². The van der Waals surface area contributed by atoms with Crippen LogP contribution in [0.3, 0.4) is 0 Å². The number of thiophene rings is 1. The van der Waals surface area contributed by atoms with Gasteiger partial charge in [0.05, 0.1) is 23.4 Å². The highest BCUT2D eigenvalue weighted by Gasteiger charge is 2.34. The van der Waals surface area contributed by atoms with Crippen LogP contribution in [0.15, 0.2) is 18.2 Å². The first kappa shape index (κ1) is 22.8. The molecule has 0 radical (unpaired) electrons. The molecule has 0 unspecified atom stereocenters. The standard InChI is InChI=1S/C20H20ClF3N2O2S2/c1-2-28-18(27)16-12-6-4-3-5-7-15(12)30-17(16)26-19(29)25-14-9-8-11(21)10-13(14)20(22,23)24/h8-10H,2-7H2,1H3,(H2,25,26,29). The Labute approximate surface area is 186 Å². The van der Waals surface area contributed by atoms with E-state index in [1.807, 2.05) is 0 Å². The minimum atomic E-state index is -4.60. The molecule has 0 fully saturated rings. The largest absolute Gasteiger partial charge is 0.462 e. The summed E-state index contributed by atoms with van der Waals surface area (Å²) in [5.74, 6) is -0.454. The summed E-state index contributed by atoms with van der Waals surface area (Å²) in [6.07, 6.45) is 0.0962. The number of esters is 1. The van der Waals surface area contributed by atoms with E-state index >= 15 is 0 Å². The van der Waals surface area contributed by atoms with Crippen LogP contribution in [-0.2, 0) is 23.8 Å². The molecule has 1 aliphatic carbocycles. The zero-order valence-corrected chi connectivity index (χ0v) is 18.5. The molecule has 0 saturated carbocycles. The lowest BCUT2D eigenvalue weighted by molar-refractivity contribution is -0.136. The summed E-state index contributed by atoms with van der Waals surface area (Å²) >= 11 is 12.4. The van der Waals surface area contributed by atoms with E-state index in [1.54, 1.807) is 6.92 Å². The SMILES string of the molecule is CCOC(=O)c1c(NC(=S)Nc2ccc(Cl)cc2C(F)(F)F)sc2c1CCCCC2. The molecule has 0 atom stereocenters. The van der Waals surface area contributed by atoms with Crippen molar-refractivity contribution < 1.29 is 22.7 Å². The van der Waals surface area contributed by atoms with Crippen LogP contribution in [0.4, 0.5) is 23.9 Å². The number of rotatable bonds is 4. The number of aryl methyl sites for hydroxylation is 1. The lowest BCUT2D eigenvalue weighted by Crippen LogP contribution is -2.22. The van der Waals surface area contributed by atoms with Crippen LogP contribution in [0.5, 0.6) is 0 Å². The molecule has 0 aliphatic heterocycles. The van der Waals surface area contributed by atoms with Crippen LogP contribution in [0.1, 0.15) is 52.5 Å². The minimum Gasteiger partial charge on any atom is -0.462 e. The molecule has 1 heterocycles. The van der Waals surface area contributed by atoms with Crippen LogP contribution in [0.25, 0.3) is 0 Å². The maximum absolute atomic E-state index is 13.3. The fourth-order valence-corrected chi connectivity index (χ4v) is 5.10. The van der Waals surface area contributed by atoms with E-state index in [1.165, 1.54) is 23.5 Å². The number of ether oxygens (including phenoxy) is 1. The molecule has 2 N–H and O–H groups in total. The van der Waals surface area contributed by atoms with Gasteiger partial charge < -0.3 is 15.4 Å². The summed E-state index contributed by atoms with van der Waals surface area (Å²) in [6, 6.07) is 3.40. The lowest BCUT2D eigenvalue weighted by atomic mass is 10.1. The average molecular weight is 477 g/mol. The number of benzene rings is 1. The first-order valence-corrected chi connectivity index (χ1v) is 11.1. The van der Waals surface area contributed by atoms with Gasteiger partial charge in [-0.25, -0.2) is 4.79 Å². The lowest BCUT2D eigenvalue weighted by Gasteiger charge is -2.16. The Bertz CT molecular complexity index is 960. The van der Waals surface area contributed by atoms with Crippen LogP contribution < -0.4 is 10.6 Å². The van der Waals surface area contributed by atoms with Crippen LogP contribution in [0.2, 0.25) is 5.02 Å². The van der Waals surface area contributed by atoms with Gasteiger partial charge >= 0.3 is 12.1 Å². The number of nitrogens with one attached hydrogen (secondary N) is 2. The number of hydrogen-bond donors (Lipinski definition) is 2. The number of halogens is 4. The van der Waals surface area contributed by atoms with E-state index in [4.69, 9.17) is 28.6 Å². The Hall–Kier alpha value is -1.84. The quantitative estimate of drug-likeness (QED) is 0.293. The van der Waals surface area contributed by atoms with Gasteiger partial charge in [0.15, 0.2) is 5.11 Å². The summed E-state index contributed by atoms with van der Waals surface area (Å²) in [5, 5.41) is 5.89. The van der Waals surface area contributed by atoms with Crippen molar-refractivity contribution in [3.05, 3.63) is 44.8 Å². The van der Waals surface area contributed by atoms with Crippen LogP contribution >= 0.6 is 35.2 Å². The van der Waals surface area contributed by atoms with E-state index in [9.17, 15) is 18.0 Å². The van der Waals surface area contributed by atoms with Crippen molar-refractivity contribution in [2.45, 2.75) is 45.2 Å². The Balaban J connectivity index is 1.88. The van der Waals surface area contributed by atoms with Gasteiger partial charge in [-0.3, -0.25) is 0 Å². The Kier molecular flexibility index (Phi) is 7.26. The maximum Gasteiger partial charge on any atom is 0.418 e. The first-order chi connectivity index (χ1) is 14.2. The number of hydrogen-bond acceptors (Lipinski definition) is 4. The highest BCUT2D eigenvalue weighted by atomic mass is 35.5. The third-order valence-electron chi connectivity index (χ3n) is 4.66. The fourth-order valence-electron chi connectivity index (χ4n) is 3.37. The predicted octanol–water partition coefficient (Wildman–Crippen LogP) is 6.67. The van der Waals surface area contributed by atoms with Crippen molar-refractivity contribution in [3.8, 4) is 0 Å². The molecular formula is C20H20ClF3N2O2S2. The molecular weight excluding hydrogens is 457 g/mol. The van der Waals surface area contributed by atoms with E-state index in [-0.39, 0.29) is 22.4 Å². The van der Waals surface area contributed by atoms with Gasteiger partial charge in [-0.15, -0.1) is 11.3 Å². The number of carbonyl (C=O) groups is 1. The van der Waals surface area contributed by atoms with Gasteiger partial charge in [0, 0.05) is 9.90 Å². The second-order valence-electron chi connectivity index (χ2n) is 6.76. The van der Waals surface area contributed by atoms with Crippen molar-refractivity contribution in [1.82, 2.24) is 0 Å². The number of carbonyl (C=O) groups excluding carboxylic acids is 1. The van der Waals surface area contributed by atoms with Crippen LogP contribution in [-0.4, -0.2) is 17.7 Å². The van der Waals surface area contributed by atoms with Crippen molar-refractivity contribution >= 4 is 56.9 Å². The molecule has 1 aromatic carbocycles. The summed E-state index contributed by atoms with van der Waals surface area (Å²) in [7, 11) is 0. The average Bonchev–Trinajstić information content (AvgIpc) is 2.83. The molecule has 1 aromatic heterocycles. The molecule has 0 spiro atoms. The van der Waals surface area contributed by atoms with Crippen LogP contribution in [0, 0.1) is 0 Å². The molecule has 0 amide bonds. The maximum atomic E-state index is 13.3. The first-order valence-electron chi connectivity index (χ1n) is 9.47. The molecule has 0 saturated heterocycles. The Morgan fingerprint density at radius 2 is 1.97 bits per heavy atom. The molecule has 30 heavy (non-hydrogen) atoms. The molecule has 10 heteroatoms. The zero-order chi connectivity index (χ0) is 21.9. The van der Waals surface area contributed by atoms with Crippen molar-refractivity contribution in [2.24, 2.45) is 0 Å². The Morgan fingerprint density at radius 3 is 2.67 bits per heavy atom. The smallest absolute Gasteiger partial charge is 0.418 e. The fraction of sp³-hybridized carbons (Fsp3) is 0.400. The second kappa shape index (κ2) is 9.53. The third kappa shape index (κ3) is 5.25. The highest BCUT2D eigenvalue weighted by molar-refractivity contribution is 7.80. The minimum absolute atomic E-state index is 0.0293. The van der Waals surface area contributed by atoms with E-state index < -0.39 is 17.7 Å². The van der Waals surface area contributed by atoms with Gasteiger partial charge in [-0.05, 0) is 68.6 Å². The normalized spacial score (nSPS) is 13.9. The zero-order valence-electron chi connectivity index (χ0n) is 16.1. The number of fused-ring (bicyclic) bond motifs is 1. The monoisotopic (exact) mass is 476 g/mol. The van der Waals surface area contributed by atoms with Gasteiger partial charge in [-0.2, -0.15) is 13.2 Å². The van der Waals surface area contributed by atoms with Crippen molar-refractivity contribution in [2.75, 3.05) is 17.2 Å².